The van der Waals surface area contributed by atoms with Gasteiger partial charge in [0.1, 0.15) is 0 Å². The van der Waals surface area contributed by atoms with E-state index in [-0.39, 0.29) is 12.5 Å². The zero-order valence-corrected chi connectivity index (χ0v) is 12.9. The highest BCUT2D eigenvalue weighted by Crippen LogP contribution is 2.41. The van der Waals surface area contributed by atoms with E-state index >= 15 is 0 Å². The standard InChI is InChI=1S/C16H26N2O3/c1-17(15(21)18-11-12-5-6-13(18)9-12)16(10-14(19)20)7-3-2-4-8-16/h12-13H,2-11H2,1H3,(H,19,20). The van der Waals surface area contributed by atoms with Crippen molar-refractivity contribution in [1.29, 1.82) is 0 Å². The molecular weight excluding hydrogens is 268 g/mol. The highest BCUT2D eigenvalue weighted by molar-refractivity contribution is 5.77. The summed E-state index contributed by atoms with van der Waals surface area (Å²) < 4.78 is 0. The number of piperidine rings is 1. The minimum atomic E-state index is -0.792. The Kier molecular flexibility index (Phi) is 3.84. The van der Waals surface area contributed by atoms with E-state index in [4.69, 9.17) is 0 Å². The van der Waals surface area contributed by atoms with Crippen molar-refractivity contribution in [3.63, 3.8) is 0 Å². The Labute approximate surface area is 126 Å². The van der Waals surface area contributed by atoms with Crippen LogP contribution >= 0.6 is 0 Å². The number of urea groups is 1. The van der Waals surface area contributed by atoms with E-state index in [0.29, 0.717) is 12.0 Å². The topological polar surface area (TPSA) is 60.9 Å². The molecule has 2 amide bonds. The number of fused-ring (bicyclic) bond motifs is 2. The van der Waals surface area contributed by atoms with Crippen LogP contribution in [-0.4, -0.2) is 52.1 Å². The Morgan fingerprint density at radius 3 is 2.48 bits per heavy atom. The van der Waals surface area contributed by atoms with Gasteiger partial charge in [-0.25, -0.2) is 4.79 Å². The zero-order valence-electron chi connectivity index (χ0n) is 12.9. The molecule has 0 aromatic carbocycles. The van der Waals surface area contributed by atoms with Crippen molar-refractivity contribution in [2.24, 2.45) is 5.92 Å². The summed E-state index contributed by atoms with van der Waals surface area (Å²) >= 11 is 0. The number of carboxylic acid groups (broad SMARTS) is 1. The molecule has 2 bridgehead atoms. The smallest absolute Gasteiger partial charge is 0.320 e. The lowest BCUT2D eigenvalue weighted by Gasteiger charge is -2.46. The number of likely N-dealkylation sites (tertiary alicyclic amines) is 1. The first-order chi connectivity index (χ1) is 10.0. The van der Waals surface area contributed by atoms with Crippen molar-refractivity contribution in [3.05, 3.63) is 0 Å². The first kappa shape index (κ1) is 14.7. The van der Waals surface area contributed by atoms with E-state index < -0.39 is 11.5 Å². The molecule has 21 heavy (non-hydrogen) atoms. The third kappa shape index (κ3) is 2.62. The summed E-state index contributed by atoms with van der Waals surface area (Å²) in [6, 6.07) is 0.459. The maximum absolute atomic E-state index is 12.9. The van der Waals surface area contributed by atoms with Crippen LogP contribution in [0.3, 0.4) is 0 Å². The lowest BCUT2D eigenvalue weighted by atomic mass is 9.78. The van der Waals surface area contributed by atoms with Gasteiger partial charge in [0.25, 0.3) is 0 Å². The van der Waals surface area contributed by atoms with Crippen LogP contribution < -0.4 is 0 Å². The average molecular weight is 294 g/mol. The first-order valence-corrected chi connectivity index (χ1v) is 8.28. The Balaban J connectivity index is 1.75. The van der Waals surface area contributed by atoms with Crippen molar-refractivity contribution in [2.45, 2.75) is 69.4 Å². The van der Waals surface area contributed by atoms with Gasteiger partial charge >= 0.3 is 12.0 Å². The maximum Gasteiger partial charge on any atom is 0.320 e. The number of carboxylic acids is 1. The third-order valence-corrected chi connectivity index (χ3v) is 5.92. The number of carbonyl (C=O) groups is 2. The molecule has 0 aromatic rings. The van der Waals surface area contributed by atoms with E-state index in [1.807, 2.05) is 11.9 Å². The van der Waals surface area contributed by atoms with Gasteiger partial charge in [0.15, 0.2) is 0 Å². The van der Waals surface area contributed by atoms with Gasteiger partial charge in [0.2, 0.25) is 0 Å². The second-order valence-electron chi connectivity index (χ2n) is 7.18. The molecule has 2 unspecified atom stereocenters. The maximum atomic E-state index is 12.9. The quantitative estimate of drug-likeness (QED) is 0.870. The fraction of sp³-hybridized carbons (Fsp3) is 0.875. The monoisotopic (exact) mass is 294 g/mol. The van der Waals surface area contributed by atoms with Crippen LogP contribution in [0.15, 0.2) is 0 Å². The lowest BCUT2D eigenvalue weighted by Crippen LogP contribution is -2.57. The minimum absolute atomic E-state index is 0.0605. The molecule has 3 fully saturated rings. The molecule has 1 aliphatic heterocycles. The number of amides is 2. The largest absolute Gasteiger partial charge is 0.481 e. The number of hydrogen-bond acceptors (Lipinski definition) is 2. The van der Waals surface area contributed by atoms with Crippen molar-refractivity contribution >= 4 is 12.0 Å². The molecule has 3 rings (SSSR count). The molecule has 3 aliphatic rings. The highest BCUT2D eigenvalue weighted by Gasteiger charge is 2.46. The van der Waals surface area contributed by atoms with E-state index in [0.717, 1.165) is 51.5 Å². The van der Waals surface area contributed by atoms with Crippen LogP contribution in [0.4, 0.5) is 4.79 Å². The number of carbonyl (C=O) groups excluding carboxylic acids is 1. The van der Waals surface area contributed by atoms with Crippen molar-refractivity contribution in [2.75, 3.05) is 13.6 Å². The van der Waals surface area contributed by atoms with Crippen molar-refractivity contribution in [3.8, 4) is 0 Å². The van der Waals surface area contributed by atoms with Gasteiger partial charge in [-0.15, -0.1) is 0 Å². The fourth-order valence-electron chi connectivity index (χ4n) is 4.68. The SMILES string of the molecule is CN(C(=O)N1CC2CCC1C2)C1(CC(=O)O)CCCCC1. The molecule has 2 saturated carbocycles. The van der Waals surface area contributed by atoms with Gasteiger partial charge in [-0.1, -0.05) is 19.3 Å². The van der Waals surface area contributed by atoms with E-state index in [9.17, 15) is 14.7 Å². The Bertz CT molecular complexity index is 431. The molecule has 1 heterocycles. The summed E-state index contributed by atoms with van der Waals surface area (Å²) in [7, 11) is 1.82. The van der Waals surface area contributed by atoms with Crippen LogP contribution in [0.5, 0.6) is 0 Å². The van der Waals surface area contributed by atoms with Gasteiger partial charge < -0.3 is 14.9 Å². The van der Waals surface area contributed by atoms with Crippen molar-refractivity contribution in [1.82, 2.24) is 9.80 Å². The highest BCUT2D eigenvalue weighted by atomic mass is 16.4. The summed E-state index contributed by atoms with van der Waals surface area (Å²) in [5.74, 6) is -0.117. The van der Waals surface area contributed by atoms with Gasteiger partial charge in [-0.2, -0.15) is 0 Å². The molecule has 118 valence electrons. The second kappa shape index (κ2) is 5.50. The van der Waals surface area contributed by atoms with Crippen LogP contribution in [0, 0.1) is 5.92 Å². The number of aliphatic carboxylic acids is 1. The molecular formula is C16H26N2O3. The fourth-order valence-corrected chi connectivity index (χ4v) is 4.68. The molecule has 1 N–H and O–H groups in total. The summed E-state index contributed by atoms with van der Waals surface area (Å²) in [5, 5.41) is 9.28. The van der Waals surface area contributed by atoms with Crippen LogP contribution in [0.25, 0.3) is 0 Å². The number of rotatable bonds is 3. The molecule has 0 radical (unpaired) electrons. The predicted octanol–water partition coefficient (Wildman–Crippen LogP) is 2.70. The lowest BCUT2D eigenvalue weighted by molar-refractivity contribution is -0.140. The Hall–Kier alpha value is -1.26. The van der Waals surface area contributed by atoms with Crippen LogP contribution in [-0.2, 0) is 4.79 Å². The number of nitrogens with zero attached hydrogens (tertiary/aromatic N) is 2. The average Bonchev–Trinajstić information content (AvgIpc) is 3.08. The van der Waals surface area contributed by atoms with E-state index in [1.54, 1.807) is 4.90 Å². The second-order valence-corrected chi connectivity index (χ2v) is 7.18. The summed E-state index contributed by atoms with van der Waals surface area (Å²) in [6.45, 7) is 0.872. The molecule has 5 nitrogen and oxygen atoms in total. The molecule has 0 spiro atoms. The third-order valence-electron chi connectivity index (χ3n) is 5.92. The summed E-state index contributed by atoms with van der Waals surface area (Å²) in [4.78, 5) is 28.0. The normalized spacial score (nSPS) is 30.4. The van der Waals surface area contributed by atoms with E-state index in [2.05, 4.69) is 0 Å². The zero-order chi connectivity index (χ0) is 15.0. The molecule has 1 saturated heterocycles. The summed E-state index contributed by atoms with van der Waals surface area (Å²) in [5.41, 5.74) is -0.469. The number of hydrogen-bond donors (Lipinski definition) is 1. The van der Waals surface area contributed by atoms with Crippen molar-refractivity contribution < 1.29 is 14.7 Å². The molecule has 5 heteroatoms. The molecule has 2 atom stereocenters. The Morgan fingerprint density at radius 1 is 1.24 bits per heavy atom. The van der Waals surface area contributed by atoms with Gasteiger partial charge in [-0.3, -0.25) is 4.79 Å². The molecule has 2 aliphatic carbocycles. The van der Waals surface area contributed by atoms with Gasteiger partial charge in [-0.05, 0) is 38.0 Å². The summed E-state index contributed by atoms with van der Waals surface area (Å²) in [6.07, 6.45) is 8.44. The van der Waals surface area contributed by atoms with Gasteiger partial charge in [0.05, 0.1) is 12.0 Å². The van der Waals surface area contributed by atoms with Crippen LogP contribution in [0.1, 0.15) is 57.8 Å². The molecule has 0 aromatic heterocycles. The Morgan fingerprint density at radius 2 is 1.95 bits per heavy atom. The predicted molar refractivity (Wildman–Crippen MR) is 79.1 cm³/mol. The van der Waals surface area contributed by atoms with Crippen LogP contribution in [0.2, 0.25) is 0 Å². The first-order valence-electron chi connectivity index (χ1n) is 8.28. The van der Waals surface area contributed by atoms with Gasteiger partial charge in [0, 0.05) is 19.6 Å². The minimum Gasteiger partial charge on any atom is -0.481 e. The van der Waals surface area contributed by atoms with E-state index in [1.165, 1.54) is 6.42 Å².